The van der Waals surface area contributed by atoms with Crippen molar-refractivity contribution < 1.29 is 29.7 Å². The Morgan fingerprint density at radius 1 is 0.633 bits per heavy atom. The third-order valence-electron chi connectivity index (χ3n) is 4.77. The van der Waals surface area contributed by atoms with Gasteiger partial charge in [-0.25, -0.2) is 0 Å². The average Bonchev–Trinajstić information content (AvgIpc) is 3.57. The van der Waals surface area contributed by atoms with Crippen molar-refractivity contribution in [3.63, 3.8) is 0 Å². The fraction of sp³-hybridized carbons (Fsp3) is 0.857. The van der Waals surface area contributed by atoms with E-state index in [1.165, 1.54) is 6.42 Å². The molecular formula is C21H38N3O6-3. The van der Waals surface area contributed by atoms with Crippen molar-refractivity contribution in [3.8, 4) is 0 Å². The summed E-state index contributed by atoms with van der Waals surface area (Å²) in [6.45, 7) is 15.6. The molecule has 3 aliphatic heterocycles. The average molecular weight is 429 g/mol. The van der Waals surface area contributed by atoms with Crippen molar-refractivity contribution in [1.82, 2.24) is 14.7 Å². The smallest absolute Gasteiger partial charge is 0.0427 e. The fourth-order valence-corrected chi connectivity index (χ4v) is 2.52. The molecule has 0 N–H and O–H groups in total. The third kappa shape index (κ3) is 17.2. The Kier molecular flexibility index (Phi) is 14.3. The topological polar surface area (TPSA) is 129 Å². The van der Waals surface area contributed by atoms with Crippen LogP contribution in [0, 0.1) is 0 Å². The molecule has 6 unspecified atom stereocenters. The number of hydrogen-bond acceptors (Lipinski definition) is 9. The van der Waals surface area contributed by atoms with Gasteiger partial charge in [0.05, 0.1) is 0 Å². The lowest BCUT2D eigenvalue weighted by atomic mass is 10.4. The van der Waals surface area contributed by atoms with Crippen LogP contribution in [-0.4, -0.2) is 90.0 Å². The standard InChI is InChI=1S/3C6H11NO2.C3H8/c3*1-5-4-7(5)3-2-6(8)9;1-3-2/h3*5H,2-4H2,1H3,(H,8,9);3H2,1-2H3/p-3. The van der Waals surface area contributed by atoms with Gasteiger partial charge in [-0.05, 0) is 40.0 Å². The number of carboxylic acids is 3. The molecule has 9 heteroatoms. The Balaban J connectivity index is 0.000000394. The van der Waals surface area contributed by atoms with Crippen LogP contribution >= 0.6 is 0 Å². The van der Waals surface area contributed by atoms with Crippen molar-refractivity contribution in [2.75, 3.05) is 39.3 Å². The van der Waals surface area contributed by atoms with Crippen LogP contribution in [0.1, 0.15) is 60.3 Å². The van der Waals surface area contributed by atoms with Gasteiger partial charge in [0.25, 0.3) is 0 Å². The first-order valence-electron chi connectivity index (χ1n) is 10.8. The Hall–Kier alpha value is -1.71. The van der Waals surface area contributed by atoms with E-state index in [0.717, 1.165) is 19.6 Å². The quantitative estimate of drug-likeness (QED) is 0.379. The van der Waals surface area contributed by atoms with Gasteiger partial charge in [-0.3, -0.25) is 14.7 Å². The maximum absolute atomic E-state index is 9.90. The Labute approximate surface area is 180 Å². The maximum Gasteiger partial charge on any atom is 0.0427 e. The summed E-state index contributed by atoms with van der Waals surface area (Å²) in [6, 6.07) is 1.80. The molecule has 9 nitrogen and oxygen atoms in total. The highest BCUT2D eigenvalue weighted by atomic mass is 16.4. The molecule has 0 amide bonds. The molecule has 0 aromatic rings. The minimum absolute atomic E-state index is 0.171. The largest absolute Gasteiger partial charge is 0.550 e. The van der Waals surface area contributed by atoms with Crippen molar-refractivity contribution in [1.29, 1.82) is 0 Å². The van der Waals surface area contributed by atoms with Gasteiger partial charge in [0.2, 0.25) is 0 Å². The van der Waals surface area contributed by atoms with E-state index in [1.807, 2.05) is 0 Å². The summed E-state index contributed by atoms with van der Waals surface area (Å²) in [4.78, 5) is 36.0. The minimum atomic E-state index is -0.950. The summed E-state index contributed by atoms with van der Waals surface area (Å²) in [5, 5.41) is 29.7. The van der Waals surface area contributed by atoms with E-state index in [2.05, 4.69) is 49.3 Å². The van der Waals surface area contributed by atoms with Gasteiger partial charge in [0, 0.05) is 75.3 Å². The van der Waals surface area contributed by atoms with Crippen molar-refractivity contribution in [3.05, 3.63) is 0 Å². The normalized spacial score (nSPS) is 29.5. The number of carbonyl (C=O) groups is 3. The monoisotopic (exact) mass is 428 g/mol. The molecule has 6 atom stereocenters. The van der Waals surface area contributed by atoms with Crippen molar-refractivity contribution in [2.45, 2.75) is 78.4 Å². The van der Waals surface area contributed by atoms with E-state index >= 15 is 0 Å². The maximum atomic E-state index is 9.90. The second-order valence-corrected chi connectivity index (χ2v) is 8.11. The molecule has 3 saturated heterocycles. The summed E-state index contributed by atoms with van der Waals surface area (Å²) in [5.74, 6) is -2.85. The van der Waals surface area contributed by atoms with Crippen LogP contribution in [0.15, 0.2) is 0 Å². The molecule has 3 aliphatic rings. The third-order valence-corrected chi connectivity index (χ3v) is 4.77. The lowest BCUT2D eigenvalue weighted by molar-refractivity contribution is -0.307. The highest BCUT2D eigenvalue weighted by Gasteiger charge is 2.28. The van der Waals surface area contributed by atoms with E-state index in [1.54, 1.807) is 0 Å². The Bertz CT molecular complexity index is 460. The zero-order valence-electron chi connectivity index (χ0n) is 19.1. The van der Waals surface area contributed by atoms with Crippen LogP contribution in [0.4, 0.5) is 0 Å². The van der Waals surface area contributed by atoms with E-state index in [9.17, 15) is 29.7 Å². The van der Waals surface area contributed by atoms with Gasteiger partial charge in [-0.15, -0.1) is 0 Å². The first-order chi connectivity index (χ1) is 14.0. The van der Waals surface area contributed by atoms with Gasteiger partial charge >= 0.3 is 0 Å². The number of hydrogen-bond donors (Lipinski definition) is 0. The number of rotatable bonds is 9. The molecule has 0 aromatic heterocycles. The van der Waals surface area contributed by atoms with Crippen LogP contribution in [0.3, 0.4) is 0 Å². The number of carbonyl (C=O) groups excluding carboxylic acids is 3. The molecule has 3 heterocycles. The fourth-order valence-electron chi connectivity index (χ4n) is 2.52. The van der Waals surface area contributed by atoms with Crippen LogP contribution < -0.4 is 15.3 Å². The van der Waals surface area contributed by atoms with Gasteiger partial charge in [-0.2, -0.15) is 0 Å². The molecule has 0 bridgehead atoms. The van der Waals surface area contributed by atoms with Gasteiger partial charge in [0.15, 0.2) is 0 Å². The number of carboxylic acid groups (broad SMARTS) is 3. The van der Waals surface area contributed by atoms with Crippen molar-refractivity contribution in [2.24, 2.45) is 0 Å². The molecule has 30 heavy (non-hydrogen) atoms. The second-order valence-electron chi connectivity index (χ2n) is 8.11. The second kappa shape index (κ2) is 15.1. The van der Waals surface area contributed by atoms with Crippen LogP contribution in [0.25, 0.3) is 0 Å². The van der Waals surface area contributed by atoms with E-state index in [0.29, 0.717) is 37.8 Å². The summed E-state index contributed by atoms with van der Waals surface area (Å²) in [6.07, 6.45) is 1.76. The zero-order chi connectivity index (χ0) is 23.3. The predicted octanol–water partition coefficient (Wildman–Crippen LogP) is -2.09. The predicted molar refractivity (Wildman–Crippen MR) is 108 cm³/mol. The molecule has 0 aromatic carbocycles. The summed E-state index contributed by atoms with van der Waals surface area (Å²) in [5.41, 5.74) is 0. The van der Waals surface area contributed by atoms with Gasteiger partial charge in [0.1, 0.15) is 0 Å². The highest BCUT2D eigenvalue weighted by Crippen LogP contribution is 2.16. The van der Waals surface area contributed by atoms with E-state index in [4.69, 9.17) is 0 Å². The van der Waals surface area contributed by atoms with Crippen molar-refractivity contribution >= 4 is 17.9 Å². The molecule has 0 radical (unpaired) electrons. The first-order valence-corrected chi connectivity index (χ1v) is 10.8. The molecule has 176 valence electrons. The van der Waals surface area contributed by atoms with E-state index < -0.39 is 17.9 Å². The Morgan fingerprint density at radius 3 is 0.900 bits per heavy atom. The zero-order valence-corrected chi connectivity index (χ0v) is 19.1. The first kappa shape index (κ1) is 28.3. The van der Waals surface area contributed by atoms with Gasteiger partial charge in [-0.1, -0.05) is 20.3 Å². The number of nitrogens with zero attached hydrogens (tertiary/aromatic N) is 3. The lowest BCUT2D eigenvalue weighted by Crippen LogP contribution is -2.24. The summed E-state index contributed by atoms with van der Waals surface area (Å²) >= 11 is 0. The molecule has 3 rings (SSSR count). The van der Waals surface area contributed by atoms with Crippen LogP contribution in [0.5, 0.6) is 0 Å². The Morgan fingerprint density at radius 2 is 0.800 bits per heavy atom. The summed E-state index contributed by atoms with van der Waals surface area (Å²) in [7, 11) is 0. The SMILES string of the molecule is CC1CN1CCC(=O)[O-].CC1CN1CCC(=O)[O-].CC1CN1CCC(=O)[O-].CCC. The van der Waals surface area contributed by atoms with Crippen LogP contribution in [-0.2, 0) is 14.4 Å². The minimum Gasteiger partial charge on any atom is -0.550 e. The number of aliphatic carboxylic acids is 3. The highest BCUT2D eigenvalue weighted by molar-refractivity contribution is 5.65. The van der Waals surface area contributed by atoms with Crippen LogP contribution in [0.2, 0.25) is 0 Å². The molecule has 0 saturated carbocycles. The molecular weight excluding hydrogens is 390 g/mol. The molecule has 3 fully saturated rings. The molecule has 0 spiro atoms. The molecule has 0 aliphatic carbocycles. The summed E-state index contributed by atoms with van der Waals surface area (Å²) < 4.78 is 0. The van der Waals surface area contributed by atoms with Gasteiger partial charge < -0.3 is 29.7 Å². The van der Waals surface area contributed by atoms with E-state index in [-0.39, 0.29) is 19.3 Å². The lowest BCUT2D eigenvalue weighted by Gasteiger charge is -2.01.